The van der Waals surface area contributed by atoms with Gasteiger partial charge in [-0.15, -0.1) is 0 Å². The molecular formula is C12H20N4O. The maximum absolute atomic E-state index is 11.8. The second-order valence-corrected chi connectivity index (χ2v) is 4.90. The van der Waals surface area contributed by atoms with Gasteiger partial charge in [0.1, 0.15) is 0 Å². The van der Waals surface area contributed by atoms with E-state index in [1.165, 1.54) is 5.69 Å². The van der Waals surface area contributed by atoms with Crippen molar-refractivity contribution in [2.45, 2.75) is 13.0 Å². The van der Waals surface area contributed by atoms with E-state index >= 15 is 0 Å². The monoisotopic (exact) mass is 236 g/mol. The zero-order valence-electron chi connectivity index (χ0n) is 10.8. The van der Waals surface area contributed by atoms with E-state index in [1.807, 2.05) is 38.1 Å². The molecule has 17 heavy (non-hydrogen) atoms. The zero-order valence-corrected chi connectivity index (χ0v) is 10.8. The Bertz CT molecular complexity index is 399. The molecule has 0 bridgehead atoms. The molecule has 2 rings (SSSR count). The van der Waals surface area contributed by atoms with E-state index in [0.29, 0.717) is 0 Å². The van der Waals surface area contributed by atoms with Crippen LogP contribution in [0.2, 0.25) is 0 Å². The Morgan fingerprint density at radius 3 is 2.94 bits per heavy atom. The van der Waals surface area contributed by atoms with Gasteiger partial charge in [0.2, 0.25) is 5.91 Å². The van der Waals surface area contributed by atoms with E-state index in [4.69, 9.17) is 0 Å². The topological polar surface area (TPSA) is 41.4 Å². The summed E-state index contributed by atoms with van der Waals surface area (Å²) < 4.78 is 1.89. The van der Waals surface area contributed by atoms with E-state index < -0.39 is 0 Å². The van der Waals surface area contributed by atoms with Gasteiger partial charge in [-0.3, -0.25) is 14.4 Å². The molecule has 1 unspecified atom stereocenters. The van der Waals surface area contributed by atoms with Gasteiger partial charge in [0.15, 0.2) is 0 Å². The molecule has 1 amide bonds. The molecule has 94 valence electrons. The standard InChI is InChI=1S/C12H20N4O/c1-14(2)12(17)10-5-7-16(8-10)9-11-4-6-13-15(11)3/h4,6,10H,5,7-9H2,1-3H3. The summed E-state index contributed by atoms with van der Waals surface area (Å²) in [5.74, 6) is 0.413. The van der Waals surface area contributed by atoms with Crippen molar-refractivity contribution in [1.82, 2.24) is 19.6 Å². The lowest BCUT2D eigenvalue weighted by molar-refractivity contribution is -0.132. The minimum absolute atomic E-state index is 0.165. The summed E-state index contributed by atoms with van der Waals surface area (Å²) in [4.78, 5) is 15.9. The molecule has 0 radical (unpaired) electrons. The van der Waals surface area contributed by atoms with Crippen molar-refractivity contribution in [3.05, 3.63) is 18.0 Å². The van der Waals surface area contributed by atoms with E-state index in [9.17, 15) is 4.79 Å². The molecule has 0 saturated carbocycles. The Morgan fingerprint density at radius 1 is 1.59 bits per heavy atom. The van der Waals surface area contributed by atoms with E-state index in [0.717, 1.165) is 26.1 Å². The second-order valence-electron chi connectivity index (χ2n) is 4.90. The van der Waals surface area contributed by atoms with Crippen LogP contribution < -0.4 is 0 Å². The largest absolute Gasteiger partial charge is 0.349 e. The van der Waals surface area contributed by atoms with Gasteiger partial charge in [-0.1, -0.05) is 0 Å². The van der Waals surface area contributed by atoms with Crippen molar-refractivity contribution < 1.29 is 4.79 Å². The molecule has 1 fully saturated rings. The molecule has 1 aliphatic heterocycles. The normalized spacial score (nSPS) is 20.8. The van der Waals surface area contributed by atoms with Crippen molar-refractivity contribution in [3.63, 3.8) is 0 Å². The molecule has 1 saturated heterocycles. The van der Waals surface area contributed by atoms with Crippen molar-refractivity contribution in [1.29, 1.82) is 0 Å². The molecule has 0 aromatic carbocycles. The van der Waals surface area contributed by atoms with Crippen LogP contribution in [0.25, 0.3) is 0 Å². The summed E-state index contributed by atoms with van der Waals surface area (Å²) in [5, 5.41) is 4.16. The molecule has 1 aliphatic rings. The number of hydrogen-bond donors (Lipinski definition) is 0. The molecule has 1 atom stereocenters. The highest BCUT2D eigenvalue weighted by molar-refractivity contribution is 5.78. The molecule has 1 aromatic rings. The van der Waals surface area contributed by atoms with Crippen LogP contribution in [0.4, 0.5) is 0 Å². The summed E-state index contributed by atoms with van der Waals surface area (Å²) >= 11 is 0. The predicted octanol–water partition coefficient (Wildman–Crippen LogP) is 0.330. The predicted molar refractivity (Wildman–Crippen MR) is 65.3 cm³/mol. The zero-order chi connectivity index (χ0) is 12.4. The number of amides is 1. The van der Waals surface area contributed by atoms with Crippen molar-refractivity contribution >= 4 is 5.91 Å². The highest BCUT2D eigenvalue weighted by Crippen LogP contribution is 2.19. The van der Waals surface area contributed by atoms with Gasteiger partial charge in [0.05, 0.1) is 11.6 Å². The number of likely N-dealkylation sites (tertiary alicyclic amines) is 1. The van der Waals surface area contributed by atoms with E-state index in [2.05, 4.69) is 10.00 Å². The minimum atomic E-state index is 0.165. The molecule has 5 nitrogen and oxygen atoms in total. The Labute approximate surface area is 102 Å². The summed E-state index contributed by atoms with van der Waals surface area (Å²) in [7, 11) is 5.60. The highest BCUT2D eigenvalue weighted by atomic mass is 16.2. The van der Waals surface area contributed by atoms with E-state index in [-0.39, 0.29) is 11.8 Å². The Balaban J connectivity index is 1.90. The van der Waals surface area contributed by atoms with Gasteiger partial charge in [0.25, 0.3) is 0 Å². The quantitative estimate of drug-likeness (QED) is 0.759. The average Bonchev–Trinajstić information content (AvgIpc) is 2.88. The molecule has 0 aliphatic carbocycles. The number of nitrogens with zero attached hydrogens (tertiary/aromatic N) is 4. The Morgan fingerprint density at radius 2 is 2.35 bits per heavy atom. The van der Waals surface area contributed by atoms with Crippen molar-refractivity contribution in [3.8, 4) is 0 Å². The lowest BCUT2D eigenvalue weighted by Gasteiger charge is -2.18. The van der Waals surface area contributed by atoms with Crippen molar-refractivity contribution in [2.24, 2.45) is 13.0 Å². The maximum atomic E-state index is 11.8. The van der Waals surface area contributed by atoms with Crippen LogP contribution in [0.3, 0.4) is 0 Å². The van der Waals surface area contributed by atoms with E-state index in [1.54, 1.807) is 4.90 Å². The first-order valence-corrected chi connectivity index (χ1v) is 5.98. The third-order valence-corrected chi connectivity index (χ3v) is 3.37. The fourth-order valence-electron chi connectivity index (χ4n) is 2.33. The molecule has 1 aromatic heterocycles. The van der Waals surface area contributed by atoms with Gasteiger partial charge in [-0.2, -0.15) is 5.10 Å². The highest BCUT2D eigenvalue weighted by Gasteiger charge is 2.29. The first-order valence-electron chi connectivity index (χ1n) is 5.98. The van der Waals surface area contributed by atoms with Crippen LogP contribution in [0.15, 0.2) is 12.3 Å². The number of rotatable bonds is 3. The third-order valence-electron chi connectivity index (χ3n) is 3.37. The molecule has 0 N–H and O–H groups in total. The van der Waals surface area contributed by atoms with Crippen LogP contribution in [0, 0.1) is 5.92 Å². The van der Waals surface area contributed by atoms with Gasteiger partial charge < -0.3 is 4.90 Å². The minimum Gasteiger partial charge on any atom is -0.349 e. The smallest absolute Gasteiger partial charge is 0.226 e. The first-order chi connectivity index (χ1) is 8.08. The molecule has 2 heterocycles. The van der Waals surface area contributed by atoms with Gasteiger partial charge in [0, 0.05) is 40.4 Å². The average molecular weight is 236 g/mol. The maximum Gasteiger partial charge on any atom is 0.226 e. The Kier molecular flexibility index (Phi) is 3.47. The summed E-state index contributed by atoms with van der Waals surface area (Å²) in [6.07, 6.45) is 2.78. The lowest BCUT2D eigenvalue weighted by atomic mass is 10.1. The van der Waals surface area contributed by atoms with Gasteiger partial charge >= 0.3 is 0 Å². The summed E-state index contributed by atoms with van der Waals surface area (Å²) in [5.41, 5.74) is 1.20. The number of carbonyl (C=O) groups excluding carboxylic acids is 1. The van der Waals surface area contributed by atoms with Crippen LogP contribution in [0.1, 0.15) is 12.1 Å². The number of aromatic nitrogens is 2. The fraction of sp³-hybridized carbons (Fsp3) is 0.667. The second kappa shape index (κ2) is 4.87. The molecule has 5 heteroatoms. The third kappa shape index (κ3) is 2.66. The fourth-order valence-corrected chi connectivity index (χ4v) is 2.33. The van der Waals surface area contributed by atoms with Gasteiger partial charge in [-0.25, -0.2) is 0 Å². The summed E-state index contributed by atoms with van der Waals surface area (Å²) in [6, 6.07) is 2.03. The summed E-state index contributed by atoms with van der Waals surface area (Å²) in [6.45, 7) is 2.74. The first kappa shape index (κ1) is 12.1. The van der Waals surface area contributed by atoms with Crippen LogP contribution in [-0.2, 0) is 18.4 Å². The molecular weight excluding hydrogens is 216 g/mol. The van der Waals surface area contributed by atoms with Crippen LogP contribution in [-0.4, -0.2) is 52.7 Å². The number of aryl methyl sites for hydroxylation is 1. The molecule has 0 spiro atoms. The Hall–Kier alpha value is -1.36. The number of hydrogen-bond acceptors (Lipinski definition) is 3. The van der Waals surface area contributed by atoms with Gasteiger partial charge in [-0.05, 0) is 19.0 Å². The number of carbonyl (C=O) groups is 1. The SMILES string of the molecule is CN(C)C(=O)C1CCN(Cc2ccnn2C)C1. The lowest BCUT2D eigenvalue weighted by Crippen LogP contribution is -2.31. The van der Waals surface area contributed by atoms with Crippen LogP contribution in [0.5, 0.6) is 0 Å². The van der Waals surface area contributed by atoms with Crippen molar-refractivity contribution in [2.75, 3.05) is 27.2 Å². The van der Waals surface area contributed by atoms with Crippen LogP contribution >= 0.6 is 0 Å².